The lowest BCUT2D eigenvalue weighted by Crippen LogP contribution is -2.36. The fraction of sp³-hybridized carbons (Fsp3) is 0.316. The zero-order chi connectivity index (χ0) is 36.2. The predicted molar refractivity (Wildman–Crippen MR) is 195 cm³/mol. The number of fused-ring (bicyclic) bond motifs is 1. The minimum atomic E-state index is -1.00. The van der Waals surface area contributed by atoms with Gasteiger partial charge in [-0.25, -0.2) is 23.4 Å². The Morgan fingerprint density at radius 1 is 1.10 bits per heavy atom. The van der Waals surface area contributed by atoms with Gasteiger partial charge in [-0.3, -0.25) is 14.3 Å². The molecule has 7 rings (SSSR count). The molecule has 1 unspecified atom stereocenters. The molecule has 270 valence electrons. The van der Waals surface area contributed by atoms with Gasteiger partial charge in [0, 0.05) is 61.9 Å². The van der Waals surface area contributed by atoms with E-state index in [2.05, 4.69) is 38.0 Å². The van der Waals surface area contributed by atoms with Crippen LogP contribution in [0.15, 0.2) is 71.7 Å². The summed E-state index contributed by atoms with van der Waals surface area (Å²) in [4.78, 5) is 38.1. The van der Waals surface area contributed by atoms with Crippen LogP contribution < -0.4 is 31.1 Å². The molecular formula is C38H40F2N8O4. The molecule has 0 spiro atoms. The van der Waals surface area contributed by atoms with E-state index in [0.717, 1.165) is 80.3 Å². The zero-order valence-electron chi connectivity index (χ0n) is 29.0. The van der Waals surface area contributed by atoms with E-state index in [1.54, 1.807) is 26.2 Å². The van der Waals surface area contributed by atoms with Gasteiger partial charge in [0.05, 0.1) is 19.8 Å². The first-order valence-electron chi connectivity index (χ1n) is 17.3. The van der Waals surface area contributed by atoms with Gasteiger partial charge < -0.3 is 30.3 Å². The maximum absolute atomic E-state index is 13.8. The lowest BCUT2D eigenvalue weighted by Gasteiger charge is -2.28. The van der Waals surface area contributed by atoms with Crippen LogP contribution in [0.3, 0.4) is 0 Å². The second-order valence-electron chi connectivity index (χ2n) is 12.9. The van der Waals surface area contributed by atoms with Crippen molar-refractivity contribution < 1.29 is 23.0 Å². The van der Waals surface area contributed by atoms with Gasteiger partial charge in [-0.1, -0.05) is 18.2 Å². The standard InChI is InChI=1S/C38H40F2N8O4/c1-24-34(37(50)48(46(24)2)23-26-5-10-31(39)32(40)19-26)36(49)42-12-3-4-25-18-27-21-43-38(45-35(27)33(20-25)52-30-11-13-41-22-30)44-28-6-8-29(9-7-28)47-14-16-51-17-15-47/h3-10,18-21,30,41H,11-17,22-23H2,1-2H3,(H,42,49)(H,43,44,45). The van der Waals surface area contributed by atoms with Crippen molar-refractivity contribution in [3.05, 3.63) is 111 Å². The summed E-state index contributed by atoms with van der Waals surface area (Å²) in [6, 6.07) is 15.5. The summed E-state index contributed by atoms with van der Waals surface area (Å²) in [5.41, 5.74) is 3.83. The third kappa shape index (κ3) is 7.67. The van der Waals surface area contributed by atoms with E-state index in [0.29, 0.717) is 28.5 Å². The number of carbonyl (C=O) groups excluding carboxylic acids is 1. The number of nitrogens with one attached hydrogen (secondary N) is 3. The lowest BCUT2D eigenvalue weighted by atomic mass is 10.1. The molecule has 0 saturated carbocycles. The predicted octanol–water partition coefficient (Wildman–Crippen LogP) is 4.53. The Hall–Kier alpha value is -5.60. The second-order valence-corrected chi connectivity index (χ2v) is 12.9. The number of aromatic nitrogens is 4. The first kappa shape index (κ1) is 34.8. The SMILES string of the molecule is Cc1c(C(=O)NCC=Cc2cc(OC3CCNC3)c3nc(Nc4ccc(N5CCOCC5)cc4)ncc3c2)c(=O)n(Cc2ccc(F)c(F)c2)n1C. The number of halogens is 2. The molecule has 2 aliphatic rings. The lowest BCUT2D eigenvalue weighted by molar-refractivity contribution is 0.0956. The van der Waals surface area contributed by atoms with Crippen molar-refractivity contribution >= 4 is 40.2 Å². The van der Waals surface area contributed by atoms with Crippen molar-refractivity contribution in [3.8, 4) is 5.75 Å². The van der Waals surface area contributed by atoms with Gasteiger partial charge in [0.25, 0.3) is 11.5 Å². The van der Waals surface area contributed by atoms with Crippen LogP contribution in [0.5, 0.6) is 5.75 Å². The van der Waals surface area contributed by atoms with E-state index < -0.39 is 23.1 Å². The van der Waals surface area contributed by atoms with E-state index in [4.69, 9.17) is 14.5 Å². The van der Waals surface area contributed by atoms with Crippen LogP contribution in [0.25, 0.3) is 17.0 Å². The molecule has 1 amide bonds. The first-order valence-corrected chi connectivity index (χ1v) is 17.3. The van der Waals surface area contributed by atoms with Crippen molar-refractivity contribution in [2.75, 3.05) is 56.2 Å². The average Bonchev–Trinajstić information content (AvgIpc) is 3.74. The molecule has 2 fully saturated rings. The molecule has 52 heavy (non-hydrogen) atoms. The van der Waals surface area contributed by atoms with Crippen molar-refractivity contribution in [3.63, 3.8) is 0 Å². The fourth-order valence-corrected chi connectivity index (χ4v) is 6.44. The molecule has 1 atom stereocenters. The largest absolute Gasteiger partial charge is 0.487 e. The Bertz CT molecular complexity index is 2170. The minimum Gasteiger partial charge on any atom is -0.487 e. The van der Waals surface area contributed by atoms with E-state index >= 15 is 0 Å². The van der Waals surface area contributed by atoms with E-state index in [1.807, 2.05) is 30.3 Å². The number of carbonyl (C=O) groups is 1. The van der Waals surface area contributed by atoms with Crippen LogP contribution in [0.2, 0.25) is 0 Å². The average molecular weight is 711 g/mol. The third-order valence-corrected chi connectivity index (χ3v) is 9.37. The van der Waals surface area contributed by atoms with Gasteiger partial charge in [0.1, 0.15) is 22.9 Å². The summed E-state index contributed by atoms with van der Waals surface area (Å²) in [6.45, 7) is 6.60. The maximum atomic E-state index is 13.8. The molecule has 0 aliphatic carbocycles. The highest BCUT2D eigenvalue weighted by Crippen LogP contribution is 2.30. The molecule has 4 heterocycles. The van der Waals surface area contributed by atoms with Gasteiger partial charge in [0.2, 0.25) is 5.95 Å². The van der Waals surface area contributed by atoms with Crippen molar-refractivity contribution in [1.82, 2.24) is 30.0 Å². The number of amides is 1. The third-order valence-electron chi connectivity index (χ3n) is 9.37. The zero-order valence-corrected chi connectivity index (χ0v) is 29.0. The molecule has 2 aliphatic heterocycles. The number of rotatable bonds is 11. The summed E-state index contributed by atoms with van der Waals surface area (Å²) in [6.07, 6.45) is 6.28. The van der Waals surface area contributed by atoms with Crippen LogP contribution in [-0.4, -0.2) is 77.3 Å². The van der Waals surface area contributed by atoms with Crippen LogP contribution in [-0.2, 0) is 18.3 Å². The Labute approximate surface area is 299 Å². The van der Waals surface area contributed by atoms with Gasteiger partial charge in [-0.05, 0) is 79.5 Å². The fourth-order valence-electron chi connectivity index (χ4n) is 6.44. The van der Waals surface area contributed by atoms with Crippen LogP contribution in [0.4, 0.5) is 26.1 Å². The highest BCUT2D eigenvalue weighted by molar-refractivity contribution is 5.95. The molecule has 14 heteroatoms. The molecule has 12 nitrogen and oxygen atoms in total. The number of benzene rings is 3. The van der Waals surface area contributed by atoms with Gasteiger partial charge in [-0.2, -0.15) is 0 Å². The number of ether oxygens (including phenoxy) is 2. The summed E-state index contributed by atoms with van der Waals surface area (Å²) < 4.78 is 41.9. The number of nitrogens with zero attached hydrogens (tertiary/aromatic N) is 5. The Kier molecular flexibility index (Phi) is 10.3. The van der Waals surface area contributed by atoms with Crippen LogP contribution in [0.1, 0.15) is 33.6 Å². The Balaban J connectivity index is 1.05. The molecule has 5 aromatic rings. The summed E-state index contributed by atoms with van der Waals surface area (Å²) >= 11 is 0. The molecule has 0 bridgehead atoms. The quantitative estimate of drug-likeness (QED) is 0.181. The van der Waals surface area contributed by atoms with E-state index in [1.165, 1.54) is 15.4 Å². The molecule has 2 saturated heterocycles. The van der Waals surface area contributed by atoms with Gasteiger partial charge in [-0.15, -0.1) is 0 Å². The Morgan fingerprint density at radius 2 is 1.90 bits per heavy atom. The highest BCUT2D eigenvalue weighted by atomic mass is 19.2. The number of morpholine rings is 1. The van der Waals surface area contributed by atoms with Crippen molar-refractivity contribution in [1.29, 1.82) is 0 Å². The number of hydrogen-bond acceptors (Lipinski definition) is 9. The number of hydrogen-bond donors (Lipinski definition) is 3. The van der Waals surface area contributed by atoms with Crippen molar-refractivity contribution in [2.45, 2.75) is 26.0 Å². The monoisotopic (exact) mass is 710 g/mol. The van der Waals surface area contributed by atoms with Crippen LogP contribution >= 0.6 is 0 Å². The molecular weight excluding hydrogens is 670 g/mol. The highest BCUT2D eigenvalue weighted by Gasteiger charge is 2.22. The summed E-state index contributed by atoms with van der Waals surface area (Å²) in [5.74, 6) is -1.43. The first-order chi connectivity index (χ1) is 25.2. The van der Waals surface area contributed by atoms with Crippen LogP contribution in [0, 0.1) is 18.6 Å². The second kappa shape index (κ2) is 15.3. The summed E-state index contributed by atoms with van der Waals surface area (Å²) in [7, 11) is 1.64. The van der Waals surface area contributed by atoms with Gasteiger partial charge >= 0.3 is 0 Å². The smallest absolute Gasteiger partial charge is 0.280 e. The molecule has 0 radical (unpaired) electrons. The molecule has 3 N–H and O–H groups in total. The van der Waals surface area contributed by atoms with Gasteiger partial charge in [0.15, 0.2) is 11.6 Å². The van der Waals surface area contributed by atoms with E-state index in [9.17, 15) is 18.4 Å². The number of anilines is 3. The molecule has 3 aromatic carbocycles. The van der Waals surface area contributed by atoms with Crippen molar-refractivity contribution in [2.24, 2.45) is 7.05 Å². The maximum Gasteiger partial charge on any atom is 0.280 e. The normalized spacial score (nSPS) is 16.2. The van der Waals surface area contributed by atoms with E-state index in [-0.39, 0.29) is 24.8 Å². The molecule has 2 aromatic heterocycles. The summed E-state index contributed by atoms with van der Waals surface area (Å²) in [5, 5.41) is 10.2. The minimum absolute atomic E-state index is 0.000986. The Morgan fingerprint density at radius 3 is 2.65 bits per heavy atom. The topological polar surface area (TPSA) is 128 Å².